The molecule has 1 amide bonds. The Labute approximate surface area is 123 Å². The molecule has 1 aromatic heterocycles. The van der Waals surface area contributed by atoms with Crippen molar-refractivity contribution in [3.05, 3.63) is 35.3 Å². The highest BCUT2D eigenvalue weighted by Crippen LogP contribution is 2.23. The van der Waals surface area contributed by atoms with Crippen molar-refractivity contribution in [3.8, 4) is 0 Å². The zero-order valence-electron chi connectivity index (χ0n) is 12.1. The van der Waals surface area contributed by atoms with Gasteiger partial charge in [-0.25, -0.2) is 4.79 Å². The number of hydrogen-bond acceptors (Lipinski definition) is 4. The number of hydrogen-bond donors (Lipinski definition) is 1. The van der Waals surface area contributed by atoms with Crippen molar-refractivity contribution in [2.24, 2.45) is 5.92 Å². The van der Waals surface area contributed by atoms with E-state index in [0.717, 1.165) is 19.3 Å². The van der Waals surface area contributed by atoms with Crippen LogP contribution in [0.15, 0.2) is 24.5 Å². The average Bonchev–Trinajstić information content (AvgIpc) is 2.48. The van der Waals surface area contributed by atoms with Gasteiger partial charge in [0.15, 0.2) is 19.0 Å². The Morgan fingerprint density at radius 2 is 2.00 bits per heavy atom. The summed E-state index contributed by atoms with van der Waals surface area (Å²) in [4.78, 5) is 23.5. The molecular weight excluding hydrogens is 272 g/mol. The van der Waals surface area contributed by atoms with Gasteiger partial charge in [-0.05, 0) is 18.8 Å². The van der Waals surface area contributed by atoms with Gasteiger partial charge in [0, 0.05) is 18.2 Å². The van der Waals surface area contributed by atoms with Crippen molar-refractivity contribution in [1.82, 2.24) is 5.32 Å². The highest BCUT2D eigenvalue weighted by molar-refractivity contribution is 5.91. The fraction of sp³-hybridized carbons (Fsp3) is 0.533. The maximum Gasteiger partial charge on any atom is 0.339 e. The molecule has 1 aromatic rings. The molecule has 21 heavy (non-hydrogen) atoms. The molecule has 1 N–H and O–H groups in total. The summed E-state index contributed by atoms with van der Waals surface area (Å²) in [6, 6.07) is 2.88. The van der Waals surface area contributed by atoms with Gasteiger partial charge in [0.2, 0.25) is 0 Å². The molecule has 0 spiro atoms. The van der Waals surface area contributed by atoms with Crippen LogP contribution in [0.2, 0.25) is 0 Å². The highest BCUT2D eigenvalue weighted by atomic mass is 16.5. The smallest absolute Gasteiger partial charge is 0.339 e. The molecule has 1 saturated carbocycles. The number of nitrogens with one attached hydrogen (secondary N) is 1. The van der Waals surface area contributed by atoms with Gasteiger partial charge in [0.05, 0.1) is 5.56 Å². The minimum Gasteiger partial charge on any atom is -0.619 e. The van der Waals surface area contributed by atoms with Gasteiger partial charge in [-0.2, -0.15) is 4.73 Å². The van der Waals surface area contributed by atoms with Gasteiger partial charge in [0.25, 0.3) is 5.91 Å². The first-order valence-electron chi connectivity index (χ1n) is 7.21. The second-order valence-electron chi connectivity index (χ2n) is 5.46. The summed E-state index contributed by atoms with van der Waals surface area (Å²) in [5, 5.41) is 13.8. The Morgan fingerprint density at radius 3 is 2.67 bits per heavy atom. The van der Waals surface area contributed by atoms with E-state index in [0.29, 0.717) is 10.6 Å². The minimum atomic E-state index is -0.609. The minimum absolute atomic E-state index is 0.168. The molecule has 0 saturated heterocycles. The van der Waals surface area contributed by atoms with E-state index >= 15 is 0 Å². The maximum absolute atomic E-state index is 11.8. The van der Waals surface area contributed by atoms with E-state index in [1.807, 2.05) is 0 Å². The molecule has 0 unspecified atom stereocenters. The second-order valence-corrected chi connectivity index (χ2v) is 5.46. The topological polar surface area (TPSA) is 82.3 Å². The van der Waals surface area contributed by atoms with Crippen LogP contribution in [0.25, 0.3) is 0 Å². The quantitative estimate of drug-likeness (QED) is 0.513. The Balaban J connectivity index is 1.78. The molecule has 0 aromatic carbocycles. The van der Waals surface area contributed by atoms with Crippen LogP contribution in [0.3, 0.4) is 0 Å². The zero-order chi connectivity index (χ0) is 15.2. The largest absolute Gasteiger partial charge is 0.619 e. The summed E-state index contributed by atoms with van der Waals surface area (Å²) < 4.78 is 5.52. The highest BCUT2D eigenvalue weighted by Gasteiger charge is 2.23. The van der Waals surface area contributed by atoms with E-state index in [4.69, 9.17) is 4.74 Å². The molecule has 0 bridgehead atoms. The zero-order valence-corrected chi connectivity index (χ0v) is 12.1. The average molecular weight is 292 g/mol. The van der Waals surface area contributed by atoms with E-state index in [1.54, 1.807) is 0 Å². The van der Waals surface area contributed by atoms with E-state index in [-0.39, 0.29) is 24.1 Å². The number of rotatable bonds is 4. The first-order valence-corrected chi connectivity index (χ1v) is 7.21. The van der Waals surface area contributed by atoms with E-state index in [1.165, 1.54) is 30.9 Å². The maximum atomic E-state index is 11.8. The summed E-state index contributed by atoms with van der Waals surface area (Å²) in [5.74, 6) is -0.431. The molecule has 2 rings (SSSR count). The summed E-state index contributed by atoms with van der Waals surface area (Å²) in [6.45, 7) is 1.83. The van der Waals surface area contributed by atoms with Crippen molar-refractivity contribution >= 4 is 11.9 Å². The van der Waals surface area contributed by atoms with Crippen LogP contribution in [-0.4, -0.2) is 24.5 Å². The number of ether oxygens (including phenoxy) is 1. The number of nitrogens with zero attached hydrogens (tertiary/aromatic N) is 1. The Hall–Kier alpha value is -2.11. The molecule has 1 fully saturated rings. The lowest BCUT2D eigenvalue weighted by Gasteiger charge is -2.29. The lowest BCUT2D eigenvalue weighted by Crippen LogP contribution is -2.42. The van der Waals surface area contributed by atoms with E-state index in [2.05, 4.69) is 12.2 Å². The first kappa shape index (κ1) is 15.3. The molecule has 6 nitrogen and oxygen atoms in total. The Kier molecular flexibility index (Phi) is 5.14. The van der Waals surface area contributed by atoms with Crippen LogP contribution in [0.4, 0.5) is 0 Å². The van der Waals surface area contributed by atoms with Crippen LogP contribution in [0, 0.1) is 11.1 Å². The lowest BCUT2D eigenvalue weighted by molar-refractivity contribution is -0.605. The van der Waals surface area contributed by atoms with Crippen LogP contribution in [0.1, 0.15) is 43.0 Å². The molecule has 1 heterocycles. The molecule has 1 aliphatic carbocycles. The molecule has 6 heteroatoms. The van der Waals surface area contributed by atoms with Crippen molar-refractivity contribution in [1.29, 1.82) is 0 Å². The number of carbonyl (C=O) groups is 2. The molecule has 0 radical (unpaired) electrons. The van der Waals surface area contributed by atoms with Crippen molar-refractivity contribution < 1.29 is 19.1 Å². The third-order valence-corrected chi connectivity index (χ3v) is 3.83. The lowest BCUT2D eigenvalue weighted by atomic mass is 9.86. The number of pyridine rings is 1. The van der Waals surface area contributed by atoms with Gasteiger partial charge < -0.3 is 15.3 Å². The standard InChI is InChI=1S/C15H20N2O4/c1-11-4-2-3-5-13(11)16-14(18)10-21-15(19)12-6-8-17(20)9-7-12/h6-9,11,13H,2-5,10H2,1H3,(H,16,18)/t11-,13+/m1/s1. The summed E-state index contributed by atoms with van der Waals surface area (Å²) >= 11 is 0. The Morgan fingerprint density at radius 1 is 1.33 bits per heavy atom. The van der Waals surface area contributed by atoms with Crippen LogP contribution >= 0.6 is 0 Å². The summed E-state index contributed by atoms with van der Waals surface area (Å²) in [5.41, 5.74) is 0.251. The van der Waals surface area contributed by atoms with Gasteiger partial charge >= 0.3 is 5.97 Å². The van der Waals surface area contributed by atoms with E-state index < -0.39 is 5.97 Å². The van der Waals surface area contributed by atoms with Gasteiger partial charge in [-0.3, -0.25) is 4.79 Å². The molecule has 0 aliphatic heterocycles. The fourth-order valence-electron chi connectivity index (χ4n) is 2.54. The van der Waals surface area contributed by atoms with Crippen molar-refractivity contribution in [2.45, 2.75) is 38.6 Å². The summed E-state index contributed by atoms with van der Waals surface area (Å²) in [7, 11) is 0. The molecule has 1 aliphatic rings. The SMILES string of the molecule is C[C@@H]1CCCC[C@@H]1NC(=O)COC(=O)c1cc[n+]([O-])cc1. The third kappa shape index (κ3) is 4.44. The van der Waals surface area contributed by atoms with E-state index in [9.17, 15) is 14.8 Å². The van der Waals surface area contributed by atoms with Crippen molar-refractivity contribution in [3.63, 3.8) is 0 Å². The van der Waals surface area contributed by atoms with Gasteiger partial charge in [-0.15, -0.1) is 0 Å². The third-order valence-electron chi connectivity index (χ3n) is 3.83. The summed E-state index contributed by atoms with van der Waals surface area (Å²) in [6.07, 6.45) is 6.83. The van der Waals surface area contributed by atoms with Gasteiger partial charge in [-0.1, -0.05) is 19.8 Å². The molecule has 114 valence electrons. The predicted molar refractivity (Wildman–Crippen MR) is 75.2 cm³/mol. The van der Waals surface area contributed by atoms with Crippen molar-refractivity contribution in [2.75, 3.05) is 6.61 Å². The first-order chi connectivity index (χ1) is 10.1. The number of aromatic nitrogens is 1. The normalized spacial score (nSPS) is 21.6. The van der Waals surface area contributed by atoms with Crippen LogP contribution in [0.5, 0.6) is 0 Å². The van der Waals surface area contributed by atoms with Gasteiger partial charge in [0.1, 0.15) is 0 Å². The number of carbonyl (C=O) groups excluding carboxylic acids is 2. The monoisotopic (exact) mass is 292 g/mol. The predicted octanol–water partition coefficient (Wildman–Crippen LogP) is 1.17. The Bertz CT molecular complexity index is 501. The van der Waals surface area contributed by atoms with Crippen LogP contribution in [-0.2, 0) is 9.53 Å². The number of amides is 1. The molecular formula is C15H20N2O4. The van der Waals surface area contributed by atoms with Crippen LogP contribution < -0.4 is 10.0 Å². The number of esters is 1. The fourth-order valence-corrected chi connectivity index (χ4v) is 2.54. The molecule has 2 atom stereocenters. The second kappa shape index (κ2) is 7.06.